The lowest BCUT2D eigenvalue weighted by molar-refractivity contribution is -0.114. The van der Waals surface area contributed by atoms with E-state index in [9.17, 15) is 14.0 Å². The van der Waals surface area contributed by atoms with Crippen LogP contribution < -0.4 is 10.2 Å². The van der Waals surface area contributed by atoms with Crippen molar-refractivity contribution in [3.8, 4) is 0 Å². The Hall–Kier alpha value is -3.42. The summed E-state index contributed by atoms with van der Waals surface area (Å²) in [5, 5.41) is 2.94. The molecule has 0 bridgehead atoms. The molecule has 35 heavy (non-hydrogen) atoms. The highest BCUT2D eigenvalue weighted by Crippen LogP contribution is 2.43. The molecule has 0 aromatic heterocycles. The summed E-state index contributed by atoms with van der Waals surface area (Å²) in [6, 6.07) is 21.2. The van der Waals surface area contributed by atoms with Gasteiger partial charge < -0.3 is 15.0 Å². The fourth-order valence-electron chi connectivity index (χ4n) is 4.20. The van der Waals surface area contributed by atoms with Crippen molar-refractivity contribution in [2.75, 3.05) is 18.1 Å². The number of hydrogen-bond acceptors (Lipinski definition) is 4. The summed E-state index contributed by atoms with van der Waals surface area (Å²) < 4.78 is 19.1. The summed E-state index contributed by atoms with van der Waals surface area (Å²) in [4.78, 5) is 29.6. The van der Waals surface area contributed by atoms with Gasteiger partial charge in [-0.15, -0.1) is 0 Å². The van der Waals surface area contributed by atoms with Gasteiger partial charge in [0.1, 0.15) is 5.82 Å². The molecule has 1 unspecified atom stereocenters. The molecule has 5 rings (SSSR count). The number of hydrogen-bond donors (Lipinski definition) is 1. The van der Waals surface area contributed by atoms with Crippen LogP contribution in [0.3, 0.4) is 0 Å². The number of nitrogens with zero attached hydrogens (tertiary/aromatic N) is 1. The minimum atomic E-state index is -0.329. The highest BCUT2D eigenvalue weighted by atomic mass is 32.2. The first-order chi connectivity index (χ1) is 17.1. The molecule has 5 nitrogen and oxygen atoms in total. The van der Waals surface area contributed by atoms with Crippen LogP contribution in [-0.2, 0) is 16.1 Å². The number of amides is 2. The van der Waals surface area contributed by atoms with Gasteiger partial charge in [0.25, 0.3) is 11.8 Å². The van der Waals surface area contributed by atoms with E-state index in [0.29, 0.717) is 22.7 Å². The van der Waals surface area contributed by atoms with Crippen LogP contribution in [0.1, 0.15) is 34.3 Å². The summed E-state index contributed by atoms with van der Waals surface area (Å²) >= 11 is 1.39. The highest BCUT2D eigenvalue weighted by molar-refractivity contribution is 8.04. The SMILES string of the molecule is O=C(NCC1CCCO1)c1ccc2c(c1)N(Cc1ccc(F)cc1)C(=O)/C(=C/c1ccccc1)S2. The molecule has 0 spiro atoms. The number of carbonyl (C=O) groups is 2. The molecule has 7 heteroatoms. The van der Waals surface area contributed by atoms with Gasteiger partial charge in [-0.1, -0.05) is 54.2 Å². The van der Waals surface area contributed by atoms with Crippen molar-refractivity contribution >= 4 is 35.3 Å². The lowest BCUT2D eigenvalue weighted by Crippen LogP contribution is -2.35. The van der Waals surface area contributed by atoms with Gasteiger partial charge in [-0.05, 0) is 60.4 Å². The number of fused-ring (bicyclic) bond motifs is 1. The van der Waals surface area contributed by atoms with Crippen LogP contribution in [0.25, 0.3) is 6.08 Å². The first-order valence-electron chi connectivity index (χ1n) is 11.6. The summed E-state index contributed by atoms with van der Waals surface area (Å²) in [6.45, 7) is 1.46. The first-order valence-corrected chi connectivity index (χ1v) is 12.4. The Morgan fingerprint density at radius 3 is 2.66 bits per heavy atom. The number of anilines is 1. The smallest absolute Gasteiger partial charge is 0.265 e. The second kappa shape index (κ2) is 10.5. The second-order valence-corrected chi connectivity index (χ2v) is 9.65. The van der Waals surface area contributed by atoms with E-state index >= 15 is 0 Å². The van der Waals surface area contributed by atoms with E-state index in [4.69, 9.17) is 4.74 Å². The predicted molar refractivity (Wildman–Crippen MR) is 136 cm³/mol. The van der Waals surface area contributed by atoms with E-state index in [1.807, 2.05) is 42.5 Å². The Balaban J connectivity index is 1.45. The van der Waals surface area contributed by atoms with E-state index in [2.05, 4.69) is 5.32 Å². The van der Waals surface area contributed by atoms with Crippen LogP contribution in [0, 0.1) is 5.82 Å². The third kappa shape index (κ3) is 5.47. The second-order valence-electron chi connectivity index (χ2n) is 8.57. The molecule has 2 aliphatic heterocycles. The molecule has 2 amide bonds. The standard InChI is InChI=1S/C28H25FN2O3S/c29-22-11-8-20(9-12-22)18-31-24-16-21(27(32)30-17-23-7-4-14-34-23)10-13-25(24)35-26(28(31)33)15-19-5-2-1-3-6-19/h1-3,5-6,8-13,15-16,23H,4,7,14,17-18H2,(H,30,32)/b26-15-. The molecule has 3 aromatic rings. The Labute approximate surface area is 208 Å². The Morgan fingerprint density at radius 2 is 1.91 bits per heavy atom. The average molecular weight is 489 g/mol. The van der Waals surface area contributed by atoms with Crippen molar-refractivity contribution in [1.29, 1.82) is 0 Å². The molecule has 3 aromatic carbocycles. The molecule has 1 fully saturated rings. The topological polar surface area (TPSA) is 58.6 Å². The molecule has 1 atom stereocenters. The highest BCUT2D eigenvalue weighted by Gasteiger charge is 2.30. The van der Waals surface area contributed by atoms with Gasteiger partial charge in [0.2, 0.25) is 0 Å². The van der Waals surface area contributed by atoms with Gasteiger partial charge in [0.15, 0.2) is 0 Å². The molecule has 1 saturated heterocycles. The fourth-order valence-corrected chi connectivity index (χ4v) is 5.23. The summed E-state index contributed by atoms with van der Waals surface area (Å²) in [5.74, 6) is -0.690. The third-order valence-corrected chi connectivity index (χ3v) is 7.13. The molecular weight excluding hydrogens is 463 g/mol. The van der Waals surface area contributed by atoms with Crippen molar-refractivity contribution in [2.45, 2.75) is 30.4 Å². The van der Waals surface area contributed by atoms with Gasteiger partial charge in [-0.3, -0.25) is 9.59 Å². The molecule has 0 aliphatic carbocycles. The number of carbonyl (C=O) groups excluding carboxylic acids is 2. The lowest BCUT2D eigenvalue weighted by atomic mass is 10.1. The van der Waals surface area contributed by atoms with Crippen LogP contribution in [0.15, 0.2) is 82.6 Å². The molecule has 0 radical (unpaired) electrons. The van der Waals surface area contributed by atoms with E-state index in [1.54, 1.807) is 29.2 Å². The van der Waals surface area contributed by atoms with Crippen LogP contribution in [0.4, 0.5) is 10.1 Å². The predicted octanol–water partition coefficient (Wildman–Crippen LogP) is 5.41. The number of rotatable bonds is 6. The van der Waals surface area contributed by atoms with E-state index < -0.39 is 0 Å². The average Bonchev–Trinajstić information content (AvgIpc) is 3.40. The number of halogens is 1. The van der Waals surface area contributed by atoms with E-state index in [0.717, 1.165) is 35.5 Å². The minimum Gasteiger partial charge on any atom is -0.376 e. The van der Waals surface area contributed by atoms with Gasteiger partial charge in [-0.25, -0.2) is 4.39 Å². The number of thioether (sulfide) groups is 1. The van der Waals surface area contributed by atoms with Crippen molar-refractivity contribution in [3.63, 3.8) is 0 Å². The maximum absolute atomic E-state index is 13.6. The molecule has 2 aliphatic rings. The number of ether oxygens (including phenoxy) is 1. The van der Waals surface area contributed by atoms with Crippen molar-refractivity contribution in [3.05, 3.63) is 100 Å². The van der Waals surface area contributed by atoms with Gasteiger partial charge in [0.05, 0.1) is 23.2 Å². The fraction of sp³-hybridized carbons (Fsp3) is 0.214. The van der Waals surface area contributed by atoms with Crippen LogP contribution in [0.2, 0.25) is 0 Å². The van der Waals surface area contributed by atoms with E-state index in [-0.39, 0.29) is 30.3 Å². The normalized spacial score (nSPS) is 18.5. The summed E-state index contributed by atoms with van der Waals surface area (Å²) in [7, 11) is 0. The van der Waals surface area contributed by atoms with Gasteiger partial charge in [-0.2, -0.15) is 0 Å². The quantitative estimate of drug-likeness (QED) is 0.471. The van der Waals surface area contributed by atoms with Crippen LogP contribution in [-0.4, -0.2) is 31.1 Å². The van der Waals surface area contributed by atoms with E-state index in [1.165, 1.54) is 23.9 Å². The summed E-state index contributed by atoms with van der Waals surface area (Å²) in [5.41, 5.74) is 2.87. The zero-order chi connectivity index (χ0) is 24.2. The Bertz CT molecular complexity index is 1250. The van der Waals surface area contributed by atoms with Gasteiger partial charge >= 0.3 is 0 Å². The number of nitrogens with one attached hydrogen (secondary N) is 1. The van der Waals surface area contributed by atoms with Crippen molar-refractivity contribution in [2.24, 2.45) is 0 Å². The summed E-state index contributed by atoms with van der Waals surface area (Å²) in [6.07, 6.45) is 3.87. The zero-order valence-corrected chi connectivity index (χ0v) is 19.9. The Morgan fingerprint density at radius 1 is 1.11 bits per heavy atom. The molecule has 2 heterocycles. The largest absolute Gasteiger partial charge is 0.376 e. The first kappa shape index (κ1) is 23.3. The van der Waals surface area contributed by atoms with Gasteiger partial charge in [0, 0.05) is 23.6 Å². The van der Waals surface area contributed by atoms with Crippen molar-refractivity contribution < 1.29 is 18.7 Å². The monoisotopic (exact) mass is 488 g/mol. The zero-order valence-electron chi connectivity index (χ0n) is 19.1. The third-order valence-electron chi connectivity index (χ3n) is 6.05. The maximum Gasteiger partial charge on any atom is 0.265 e. The van der Waals surface area contributed by atoms with Crippen molar-refractivity contribution in [1.82, 2.24) is 5.32 Å². The molecule has 178 valence electrons. The van der Waals surface area contributed by atoms with Crippen LogP contribution in [0.5, 0.6) is 0 Å². The lowest BCUT2D eigenvalue weighted by Gasteiger charge is -2.31. The Kier molecular flexibility index (Phi) is 6.97. The maximum atomic E-state index is 13.6. The molecule has 0 saturated carbocycles. The molecular formula is C28H25FN2O3S. The molecule has 1 N–H and O–H groups in total. The minimum absolute atomic E-state index is 0.0503. The van der Waals surface area contributed by atoms with Crippen LogP contribution >= 0.6 is 11.8 Å². The number of benzene rings is 3.